The summed E-state index contributed by atoms with van der Waals surface area (Å²) in [5, 5.41) is 5.41. The summed E-state index contributed by atoms with van der Waals surface area (Å²) in [6, 6.07) is 10.5. The van der Waals surface area contributed by atoms with Crippen molar-refractivity contribution < 1.29 is 18.7 Å². The number of hydrogen-bond donors (Lipinski definition) is 2. The molecule has 0 spiro atoms. The van der Waals surface area contributed by atoms with Crippen LogP contribution in [-0.2, 0) is 11.3 Å². The molecule has 0 unspecified atom stereocenters. The zero-order chi connectivity index (χ0) is 19.0. The number of nitrogens with zero attached hydrogens (tertiary/aromatic N) is 1. The number of benzene rings is 1. The van der Waals surface area contributed by atoms with E-state index in [1.807, 2.05) is 12.1 Å². The maximum atomic E-state index is 13.2. The van der Waals surface area contributed by atoms with Crippen LogP contribution in [0.3, 0.4) is 0 Å². The average molecular weight is 369 g/mol. The first-order valence-corrected chi connectivity index (χ1v) is 8.89. The van der Waals surface area contributed by atoms with Gasteiger partial charge in [-0.3, -0.25) is 14.6 Å². The zero-order valence-corrected chi connectivity index (χ0v) is 14.9. The Hall–Kier alpha value is -2.96. The van der Waals surface area contributed by atoms with Crippen LogP contribution in [-0.4, -0.2) is 30.0 Å². The number of halogens is 1. The van der Waals surface area contributed by atoms with Gasteiger partial charge in [-0.15, -0.1) is 0 Å². The number of nitrogens with one attached hydrogen (secondary N) is 2. The van der Waals surface area contributed by atoms with Crippen LogP contribution < -0.4 is 15.4 Å². The molecule has 2 aliphatic rings. The smallest absolute Gasteiger partial charge is 0.269 e. The number of hydrogen-bond acceptors (Lipinski definition) is 4. The molecule has 4 rings (SSSR count). The molecular weight excluding hydrogens is 349 g/mol. The molecule has 0 saturated heterocycles. The van der Waals surface area contributed by atoms with Gasteiger partial charge in [-0.1, -0.05) is 12.1 Å². The minimum absolute atomic E-state index is 0.0414. The molecule has 27 heavy (non-hydrogen) atoms. The second kappa shape index (κ2) is 6.64. The first-order valence-electron chi connectivity index (χ1n) is 8.89. The van der Waals surface area contributed by atoms with Crippen molar-refractivity contribution in [2.45, 2.75) is 25.6 Å². The molecule has 2 fully saturated rings. The summed E-state index contributed by atoms with van der Waals surface area (Å²) in [6.07, 6.45) is 1.75. The molecule has 3 atom stereocenters. The molecule has 140 valence electrons. The first-order chi connectivity index (χ1) is 13.0. The van der Waals surface area contributed by atoms with Crippen molar-refractivity contribution in [1.82, 2.24) is 15.6 Å². The lowest BCUT2D eigenvalue weighted by molar-refractivity contribution is -0.131. The molecule has 1 heterocycles. The Morgan fingerprint density at radius 2 is 2.00 bits per heavy atom. The fourth-order valence-electron chi connectivity index (χ4n) is 3.62. The molecular formula is C20H20FN3O3. The molecule has 2 aliphatic carbocycles. The molecule has 6 nitrogen and oxygen atoms in total. The van der Waals surface area contributed by atoms with E-state index in [-0.39, 0.29) is 23.4 Å². The number of pyridine rings is 1. The van der Waals surface area contributed by atoms with Crippen molar-refractivity contribution in [2.75, 3.05) is 7.05 Å². The molecule has 2 N–H and O–H groups in total. The van der Waals surface area contributed by atoms with E-state index in [0.717, 1.165) is 5.56 Å². The zero-order valence-electron chi connectivity index (χ0n) is 14.9. The number of carbonyl (C=O) groups excluding carboxylic acids is 2. The fraction of sp³-hybridized carbons (Fsp3) is 0.350. The lowest BCUT2D eigenvalue weighted by Gasteiger charge is -2.27. The topological polar surface area (TPSA) is 80.3 Å². The SMILES string of the molecule is CNC(=O)c1cc(Oc2ccc(CNC(=O)[C@@]34C[C@@H](F)[C@@H]3C4)cc2)ccn1. The van der Waals surface area contributed by atoms with E-state index < -0.39 is 11.6 Å². The van der Waals surface area contributed by atoms with Gasteiger partial charge in [-0.05, 0) is 36.6 Å². The monoisotopic (exact) mass is 369 g/mol. The normalized spacial score (nSPS) is 25.0. The highest BCUT2D eigenvalue weighted by Crippen LogP contribution is 2.68. The number of fused-ring (bicyclic) bond motifs is 1. The predicted octanol–water partition coefficient (Wildman–Crippen LogP) is 2.60. The average Bonchev–Trinajstić information content (AvgIpc) is 3.33. The van der Waals surface area contributed by atoms with Crippen LogP contribution in [0.4, 0.5) is 4.39 Å². The Bertz CT molecular complexity index is 886. The second-order valence-corrected chi connectivity index (χ2v) is 7.07. The lowest BCUT2D eigenvalue weighted by atomic mass is 9.82. The Morgan fingerprint density at radius 1 is 1.22 bits per heavy atom. The maximum Gasteiger partial charge on any atom is 0.269 e. The number of amides is 2. The summed E-state index contributed by atoms with van der Waals surface area (Å²) in [6.45, 7) is 0.403. The van der Waals surface area contributed by atoms with Crippen LogP contribution >= 0.6 is 0 Å². The standard InChI is InChI=1S/C20H20FN3O3/c1-22-18(25)17-8-14(6-7-23-17)27-13-4-2-12(3-5-13)11-24-19(26)20-9-15(20)16(21)10-20/h2-8,15-16H,9-11H2,1H3,(H,22,25)(H,24,26)/t15-,16+,20-/m0/s1. The highest BCUT2D eigenvalue weighted by Gasteiger charge is 2.72. The van der Waals surface area contributed by atoms with Crippen molar-refractivity contribution in [3.8, 4) is 11.5 Å². The van der Waals surface area contributed by atoms with Crippen molar-refractivity contribution in [1.29, 1.82) is 0 Å². The number of carbonyl (C=O) groups is 2. The maximum absolute atomic E-state index is 13.2. The van der Waals surface area contributed by atoms with Crippen LogP contribution in [0.2, 0.25) is 0 Å². The molecule has 1 aromatic heterocycles. The van der Waals surface area contributed by atoms with Gasteiger partial charge in [0, 0.05) is 31.8 Å². The summed E-state index contributed by atoms with van der Waals surface area (Å²) in [4.78, 5) is 27.8. The molecule has 0 radical (unpaired) electrons. The predicted molar refractivity (Wildman–Crippen MR) is 96.0 cm³/mol. The van der Waals surface area contributed by atoms with Gasteiger partial charge in [0.25, 0.3) is 5.91 Å². The molecule has 2 amide bonds. The highest BCUT2D eigenvalue weighted by atomic mass is 19.1. The Balaban J connectivity index is 1.33. The quantitative estimate of drug-likeness (QED) is 0.820. The number of ether oxygens (including phenoxy) is 1. The van der Waals surface area contributed by atoms with E-state index >= 15 is 0 Å². The van der Waals surface area contributed by atoms with Gasteiger partial charge in [0.2, 0.25) is 5.91 Å². The van der Waals surface area contributed by atoms with E-state index in [1.54, 1.807) is 31.3 Å². The van der Waals surface area contributed by atoms with Gasteiger partial charge in [-0.2, -0.15) is 0 Å². The van der Waals surface area contributed by atoms with E-state index in [9.17, 15) is 14.0 Å². The van der Waals surface area contributed by atoms with Gasteiger partial charge in [0.1, 0.15) is 23.4 Å². The Morgan fingerprint density at radius 3 is 2.63 bits per heavy atom. The van der Waals surface area contributed by atoms with Crippen molar-refractivity contribution in [3.05, 3.63) is 53.9 Å². The third-order valence-electron chi connectivity index (χ3n) is 5.39. The van der Waals surface area contributed by atoms with Crippen LogP contribution in [0.15, 0.2) is 42.6 Å². The van der Waals surface area contributed by atoms with Crippen LogP contribution in [0.25, 0.3) is 0 Å². The van der Waals surface area contributed by atoms with Gasteiger partial charge < -0.3 is 15.4 Å². The van der Waals surface area contributed by atoms with Crippen molar-refractivity contribution in [2.24, 2.45) is 11.3 Å². The summed E-state index contributed by atoms with van der Waals surface area (Å²) in [5.41, 5.74) is 0.784. The van der Waals surface area contributed by atoms with E-state index in [1.165, 1.54) is 6.20 Å². The van der Waals surface area contributed by atoms with E-state index in [4.69, 9.17) is 4.74 Å². The molecule has 2 saturated carbocycles. The minimum Gasteiger partial charge on any atom is -0.457 e. The first kappa shape index (κ1) is 17.5. The van der Waals surface area contributed by atoms with Crippen molar-refractivity contribution in [3.63, 3.8) is 0 Å². The molecule has 0 bridgehead atoms. The van der Waals surface area contributed by atoms with Crippen LogP contribution in [0, 0.1) is 11.3 Å². The minimum atomic E-state index is -0.802. The molecule has 1 aromatic carbocycles. The summed E-state index contributed by atoms with van der Waals surface area (Å²) in [7, 11) is 1.54. The van der Waals surface area contributed by atoms with E-state index in [2.05, 4.69) is 15.6 Å². The molecule has 7 heteroatoms. The summed E-state index contributed by atoms with van der Waals surface area (Å²) >= 11 is 0. The summed E-state index contributed by atoms with van der Waals surface area (Å²) < 4.78 is 19.0. The summed E-state index contributed by atoms with van der Waals surface area (Å²) in [5.74, 6) is 0.733. The van der Waals surface area contributed by atoms with Gasteiger partial charge >= 0.3 is 0 Å². The number of rotatable bonds is 6. The Kier molecular flexibility index (Phi) is 4.30. The van der Waals surface area contributed by atoms with Gasteiger partial charge in [0.15, 0.2) is 0 Å². The fourth-order valence-corrected chi connectivity index (χ4v) is 3.62. The Labute approximate surface area is 156 Å². The van der Waals surface area contributed by atoms with Gasteiger partial charge in [0.05, 0.1) is 5.41 Å². The van der Waals surface area contributed by atoms with E-state index in [0.29, 0.717) is 30.9 Å². The number of aromatic nitrogens is 1. The molecule has 0 aliphatic heterocycles. The highest BCUT2D eigenvalue weighted by molar-refractivity contribution is 5.92. The van der Waals surface area contributed by atoms with Crippen molar-refractivity contribution >= 4 is 11.8 Å². The largest absolute Gasteiger partial charge is 0.457 e. The van der Waals surface area contributed by atoms with Crippen LogP contribution in [0.5, 0.6) is 11.5 Å². The van der Waals surface area contributed by atoms with Gasteiger partial charge in [-0.25, -0.2) is 4.39 Å². The third-order valence-corrected chi connectivity index (χ3v) is 5.39. The number of alkyl halides is 1. The third kappa shape index (κ3) is 3.25. The molecule has 2 aromatic rings. The van der Waals surface area contributed by atoms with Crippen LogP contribution in [0.1, 0.15) is 28.9 Å². The lowest BCUT2D eigenvalue weighted by Crippen LogP contribution is -2.41. The second-order valence-electron chi connectivity index (χ2n) is 7.07.